The van der Waals surface area contributed by atoms with Crippen molar-refractivity contribution < 1.29 is 41.4 Å². The summed E-state index contributed by atoms with van der Waals surface area (Å²) in [6, 6.07) is -22.8. The first kappa shape index (κ1) is 11.0. The minimum Gasteiger partial charge on any atom is -0.456 e. The number of benzene rings is 9. The first-order valence-corrected chi connectivity index (χ1v) is 14.0. The van der Waals surface area contributed by atoms with Gasteiger partial charge in [-0.25, -0.2) is 0 Å². The highest BCUT2D eigenvalue weighted by Gasteiger charge is 2.20. The lowest BCUT2D eigenvalue weighted by Crippen LogP contribution is -1.92. The van der Waals surface area contributed by atoms with Gasteiger partial charge in [0, 0.05) is 10.8 Å². The Labute approximate surface area is 309 Å². The molecule has 1 heterocycles. The highest BCUT2D eigenvalue weighted by atomic mass is 16.3. The maximum atomic E-state index is 9.94. The summed E-state index contributed by atoms with van der Waals surface area (Å²) < 4.78 is 250. The fourth-order valence-corrected chi connectivity index (χ4v) is 5.78. The predicted octanol–water partition coefficient (Wildman–Crippen LogP) is 13.2. The molecule has 0 radical (unpaired) electrons. The maximum absolute atomic E-state index is 9.94. The molecule has 0 fully saturated rings. The molecule has 0 spiro atoms. The van der Waals surface area contributed by atoms with Gasteiger partial charge in [-0.15, -0.1) is 0 Å². The summed E-state index contributed by atoms with van der Waals surface area (Å²) in [5, 5.41) is -6.25. The largest absolute Gasteiger partial charge is 0.456 e. The molecule has 10 rings (SSSR count). The Morgan fingerprint density at radius 1 is 0.340 bits per heavy atom. The minimum atomic E-state index is -1.01. The molecule has 0 saturated heterocycles. The smallest absolute Gasteiger partial charge is 0.136 e. The van der Waals surface area contributed by atoms with Gasteiger partial charge >= 0.3 is 0 Å². The lowest BCUT2D eigenvalue weighted by atomic mass is 9.83. The highest BCUT2D eigenvalue weighted by Crippen LogP contribution is 2.47. The molecule has 0 aliphatic rings. The zero-order valence-electron chi connectivity index (χ0n) is 50.5. The van der Waals surface area contributed by atoms with Crippen LogP contribution in [0.4, 0.5) is 0 Å². The summed E-state index contributed by atoms with van der Waals surface area (Å²) in [4.78, 5) is 0. The third-order valence-electron chi connectivity index (χ3n) is 7.77. The van der Waals surface area contributed by atoms with Crippen molar-refractivity contribution in [3.05, 3.63) is 169 Å². The molecule has 0 atom stereocenters. The van der Waals surface area contributed by atoms with Crippen molar-refractivity contribution in [2.24, 2.45) is 0 Å². The molecule has 0 bridgehead atoms. The van der Waals surface area contributed by atoms with Gasteiger partial charge in [0.25, 0.3) is 0 Å². The average molecular weight is 624 g/mol. The molecule has 1 aromatic heterocycles. The number of fused-ring (bicyclic) bond motifs is 7. The van der Waals surface area contributed by atoms with Crippen molar-refractivity contribution in [1.29, 1.82) is 0 Å². The standard InChI is InChI=1S/C46H28O/c1-2-12-29(13-3-1)34-24-32-16-6-7-17-35(32)42(27-34)46-38-20-10-8-18-36(38)45(37-19-9-11-21-39(37)46)33-22-23-43-40(26-33)41-25-30-14-4-5-15-31(30)28-44(41)47-43/h1-28H/i1D,2D,3D,4D,5D,6D,7D,8D,9D,10D,11D,12D,14D,15D,16D,17D,18D,19D,20D,21D,22D,23D,24D,25D,26D,27D,28D. The van der Waals surface area contributed by atoms with Crippen LogP contribution in [0, 0.1) is 0 Å². The Bertz CT molecular complexity index is 4310. The highest BCUT2D eigenvalue weighted by molar-refractivity contribution is 6.24. The van der Waals surface area contributed by atoms with E-state index < -0.39 is 262 Å². The molecule has 0 aliphatic heterocycles. The van der Waals surface area contributed by atoms with Crippen LogP contribution in [-0.4, -0.2) is 0 Å². The van der Waals surface area contributed by atoms with Gasteiger partial charge in [-0.1, -0.05) is 133 Å². The Kier molecular flexibility index (Phi) is 2.37. The summed E-state index contributed by atoms with van der Waals surface area (Å²) in [7, 11) is 0. The molecular formula is C46H28O. The molecule has 218 valence electrons. The number of rotatable bonds is 3. The molecule has 0 amide bonds. The van der Waals surface area contributed by atoms with E-state index in [4.69, 9.17) is 26.3 Å². The normalized spacial score (nSPS) is 19.9. The molecule has 10 aromatic rings. The SMILES string of the molecule is [2H]c1cc(-c2c([2H])c(-c3c4c([2H])c([2H])c([2H])c([2H])c4c(-c4c([2H])c([2H])c5oc6c([2H])c7c([2H])c([2H])c([2H])c([2H])c7c([2H])c6c5c4[2H])c4c([2H])c([2H])c([2H])c([2H])c34)c3c([2H])c([2H])c([2H])c([2H])c3c2[2H])c([2H])c([2H])c1[2H]. The molecule has 47 heavy (non-hydrogen) atoms. The van der Waals surface area contributed by atoms with Crippen molar-refractivity contribution in [2.75, 3.05) is 0 Å². The third-order valence-corrected chi connectivity index (χ3v) is 7.77. The summed E-state index contributed by atoms with van der Waals surface area (Å²) in [5.74, 6) is 0. The number of hydrogen-bond donors (Lipinski definition) is 0. The van der Waals surface area contributed by atoms with Crippen molar-refractivity contribution in [3.8, 4) is 33.4 Å². The molecule has 0 saturated carbocycles. The van der Waals surface area contributed by atoms with Crippen molar-refractivity contribution >= 4 is 65.0 Å². The van der Waals surface area contributed by atoms with Crippen molar-refractivity contribution in [1.82, 2.24) is 0 Å². The van der Waals surface area contributed by atoms with E-state index in [0.29, 0.717) is 0 Å². The van der Waals surface area contributed by atoms with Crippen LogP contribution in [0.5, 0.6) is 0 Å². The van der Waals surface area contributed by atoms with Crippen LogP contribution in [0.1, 0.15) is 37.0 Å². The second-order valence-electron chi connectivity index (χ2n) is 10.3. The predicted molar refractivity (Wildman–Crippen MR) is 200 cm³/mol. The Hall–Kier alpha value is -6.18. The topological polar surface area (TPSA) is 13.1 Å². The van der Waals surface area contributed by atoms with E-state index in [9.17, 15) is 15.1 Å². The molecule has 1 heteroatoms. The quantitative estimate of drug-likeness (QED) is 0.178. The van der Waals surface area contributed by atoms with Crippen molar-refractivity contribution in [2.45, 2.75) is 0 Å². The van der Waals surface area contributed by atoms with E-state index in [-0.39, 0.29) is 0 Å². The molecule has 0 N–H and O–H groups in total. The zero-order valence-corrected chi connectivity index (χ0v) is 23.5. The van der Waals surface area contributed by atoms with Crippen LogP contribution < -0.4 is 0 Å². The van der Waals surface area contributed by atoms with Crippen LogP contribution in [0.3, 0.4) is 0 Å². The van der Waals surface area contributed by atoms with Gasteiger partial charge in [0.15, 0.2) is 0 Å². The summed E-state index contributed by atoms with van der Waals surface area (Å²) in [6.07, 6.45) is 0. The molecular weight excluding hydrogens is 569 g/mol. The molecule has 0 unspecified atom stereocenters. The lowest BCUT2D eigenvalue weighted by molar-refractivity contribution is 0.669. The second-order valence-corrected chi connectivity index (χ2v) is 10.3. The fourth-order valence-electron chi connectivity index (χ4n) is 5.78. The van der Waals surface area contributed by atoms with E-state index >= 15 is 0 Å². The van der Waals surface area contributed by atoms with Gasteiger partial charge < -0.3 is 4.42 Å². The van der Waals surface area contributed by atoms with Gasteiger partial charge in [-0.3, -0.25) is 0 Å². The average Bonchev–Trinajstić information content (AvgIpc) is 3.78. The Morgan fingerprint density at radius 3 is 1.68 bits per heavy atom. The van der Waals surface area contributed by atoms with Crippen LogP contribution in [0.15, 0.2) is 174 Å². The number of furan rings is 1. The van der Waals surface area contributed by atoms with Gasteiger partial charge in [-0.05, 0) is 113 Å². The second kappa shape index (κ2) is 10.2. The van der Waals surface area contributed by atoms with Gasteiger partial charge in [0.2, 0.25) is 0 Å². The van der Waals surface area contributed by atoms with Gasteiger partial charge in [-0.2, -0.15) is 0 Å². The first-order valence-electron chi connectivity index (χ1n) is 27.5. The maximum Gasteiger partial charge on any atom is 0.136 e. The van der Waals surface area contributed by atoms with Gasteiger partial charge in [0.1, 0.15) is 11.2 Å². The van der Waals surface area contributed by atoms with E-state index in [1.54, 1.807) is 0 Å². The van der Waals surface area contributed by atoms with Crippen LogP contribution in [-0.2, 0) is 0 Å². The van der Waals surface area contributed by atoms with Crippen LogP contribution in [0.25, 0.3) is 98.4 Å². The fraction of sp³-hybridized carbons (Fsp3) is 0. The third kappa shape index (κ3) is 4.03. The van der Waals surface area contributed by atoms with Gasteiger partial charge in [0.05, 0.1) is 37.0 Å². The molecule has 0 aliphatic carbocycles. The van der Waals surface area contributed by atoms with Crippen LogP contribution >= 0.6 is 0 Å². The molecule has 1 nitrogen and oxygen atoms in total. The zero-order chi connectivity index (χ0) is 54.4. The lowest BCUT2D eigenvalue weighted by Gasteiger charge is -2.19. The van der Waals surface area contributed by atoms with E-state index in [2.05, 4.69) is 0 Å². The minimum absolute atomic E-state index is 0.447. The Balaban J connectivity index is 1.55. The first-order chi connectivity index (χ1) is 34.6. The monoisotopic (exact) mass is 623 g/mol. The van der Waals surface area contributed by atoms with E-state index in [1.165, 1.54) is 0 Å². The van der Waals surface area contributed by atoms with Crippen LogP contribution in [0.2, 0.25) is 0 Å². The summed E-state index contributed by atoms with van der Waals surface area (Å²) in [5.41, 5.74) is -5.36. The summed E-state index contributed by atoms with van der Waals surface area (Å²) >= 11 is 0. The molecule has 9 aromatic carbocycles. The number of hydrogen-bond acceptors (Lipinski definition) is 1. The van der Waals surface area contributed by atoms with Crippen molar-refractivity contribution in [3.63, 3.8) is 0 Å². The van der Waals surface area contributed by atoms with E-state index in [0.717, 1.165) is 6.07 Å². The van der Waals surface area contributed by atoms with E-state index in [1.807, 2.05) is 0 Å². The summed E-state index contributed by atoms with van der Waals surface area (Å²) in [6.45, 7) is 0. The Morgan fingerprint density at radius 2 is 0.936 bits per heavy atom.